The van der Waals surface area contributed by atoms with Crippen molar-refractivity contribution in [3.8, 4) is 0 Å². The molecular weight excluding hydrogens is 228 g/mol. The standard InChI is InChI=1S/C15H16O3/c1-17-15(16)14-12(10-5-3-2-4-6-10)9-11-7-8-13(14)18-11/h2-6,11,13H,7-9H2,1H3/t11-,13-/m1/s1. The zero-order valence-corrected chi connectivity index (χ0v) is 10.4. The second-order valence-corrected chi connectivity index (χ2v) is 4.78. The van der Waals surface area contributed by atoms with E-state index in [1.165, 1.54) is 7.11 Å². The van der Waals surface area contributed by atoms with E-state index >= 15 is 0 Å². The van der Waals surface area contributed by atoms with Crippen LogP contribution in [0.4, 0.5) is 0 Å². The average Bonchev–Trinajstić information content (AvgIpc) is 2.80. The summed E-state index contributed by atoms with van der Waals surface area (Å²) in [6.45, 7) is 0. The third-order valence-corrected chi connectivity index (χ3v) is 3.71. The summed E-state index contributed by atoms with van der Waals surface area (Å²) in [5.41, 5.74) is 2.93. The largest absolute Gasteiger partial charge is 0.466 e. The zero-order valence-electron chi connectivity index (χ0n) is 10.4. The van der Waals surface area contributed by atoms with Crippen LogP contribution in [0.1, 0.15) is 24.8 Å². The normalized spacial score (nSPS) is 26.3. The summed E-state index contributed by atoms with van der Waals surface area (Å²) in [6.07, 6.45) is 2.95. The summed E-state index contributed by atoms with van der Waals surface area (Å²) < 4.78 is 10.7. The van der Waals surface area contributed by atoms with Crippen molar-refractivity contribution in [2.45, 2.75) is 31.5 Å². The highest BCUT2D eigenvalue weighted by atomic mass is 16.5. The molecule has 0 aliphatic carbocycles. The lowest BCUT2D eigenvalue weighted by Gasteiger charge is -2.26. The number of rotatable bonds is 2. The molecule has 0 unspecified atom stereocenters. The van der Waals surface area contributed by atoms with Gasteiger partial charge in [0.25, 0.3) is 0 Å². The molecule has 1 aromatic carbocycles. The third-order valence-electron chi connectivity index (χ3n) is 3.71. The fourth-order valence-electron chi connectivity index (χ4n) is 2.88. The van der Waals surface area contributed by atoms with Gasteiger partial charge in [-0.05, 0) is 30.4 Å². The summed E-state index contributed by atoms with van der Waals surface area (Å²) in [6, 6.07) is 10.1. The number of carbonyl (C=O) groups is 1. The topological polar surface area (TPSA) is 35.5 Å². The molecule has 0 N–H and O–H groups in total. The van der Waals surface area contributed by atoms with Gasteiger partial charge < -0.3 is 9.47 Å². The molecule has 3 nitrogen and oxygen atoms in total. The number of carbonyl (C=O) groups excluding carboxylic acids is 1. The highest BCUT2D eigenvalue weighted by Crippen LogP contribution is 2.41. The van der Waals surface area contributed by atoms with Crippen molar-refractivity contribution < 1.29 is 14.3 Å². The molecule has 1 aromatic rings. The first-order valence-corrected chi connectivity index (χ1v) is 6.32. The molecule has 2 heterocycles. The second kappa shape index (κ2) is 4.58. The second-order valence-electron chi connectivity index (χ2n) is 4.78. The SMILES string of the molecule is COC(=O)C1=C(c2ccccc2)C[C@H]2CC[C@H]1O2. The number of ether oxygens (including phenoxy) is 2. The summed E-state index contributed by atoms with van der Waals surface area (Å²) >= 11 is 0. The number of esters is 1. The first-order chi connectivity index (χ1) is 8.79. The molecule has 3 heteroatoms. The van der Waals surface area contributed by atoms with Gasteiger partial charge in [-0.25, -0.2) is 4.79 Å². The van der Waals surface area contributed by atoms with Gasteiger partial charge in [0.05, 0.1) is 24.9 Å². The van der Waals surface area contributed by atoms with Crippen molar-refractivity contribution in [3.63, 3.8) is 0 Å². The Bertz CT molecular complexity index is 490. The lowest BCUT2D eigenvalue weighted by molar-refractivity contribution is -0.137. The Morgan fingerprint density at radius 2 is 2.06 bits per heavy atom. The van der Waals surface area contributed by atoms with Crippen LogP contribution in [0.25, 0.3) is 5.57 Å². The first kappa shape index (κ1) is 11.5. The number of methoxy groups -OCH3 is 1. The van der Waals surface area contributed by atoms with Crippen molar-refractivity contribution in [1.29, 1.82) is 0 Å². The van der Waals surface area contributed by atoms with E-state index in [1.54, 1.807) is 0 Å². The molecular formula is C15H16O3. The van der Waals surface area contributed by atoms with Gasteiger partial charge >= 0.3 is 5.97 Å². The van der Waals surface area contributed by atoms with Gasteiger partial charge in [0.1, 0.15) is 0 Å². The highest BCUT2D eigenvalue weighted by molar-refractivity contribution is 5.99. The number of fused-ring (bicyclic) bond motifs is 2. The molecule has 2 atom stereocenters. The lowest BCUT2D eigenvalue weighted by Crippen LogP contribution is -2.26. The summed E-state index contributed by atoms with van der Waals surface area (Å²) in [5, 5.41) is 0. The minimum atomic E-state index is -0.251. The van der Waals surface area contributed by atoms with E-state index in [4.69, 9.17) is 9.47 Å². The molecule has 0 spiro atoms. The van der Waals surface area contributed by atoms with E-state index in [9.17, 15) is 4.79 Å². The molecule has 1 fully saturated rings. The molecule has 2 bridgehead atoms. The Hall–Kier alpha value is -1.61. The molecule has 2 aliphatic heterocycles. The molecule has 0 radical (unpaired) electrons. The summed E-state index contributed by atoms with van der Waals surface area (Å²) in [4.78, 5) is 12.0. The Morgan fingerprint density at radius 1 is 1.28 bits per heavy atom. The monoisotopic (exact) mass is 244 g/mol. The maximum absolute atomic E-state index is 12.0. The molecule has 0 aromatic heterocycles. The smallest absolute Gasteiger partial charge is 0.336 e. The molecule has 2 aliphatic rings. The van der Waals surface area contributed by atoms with Crippen LogP contribution in [0, 0.1) is 0 Å². The van der Waals surface area contributed by atoms with Gasteiger partial charge in [0.2, 0.25) is 0 Å². The van der Waals surface area contributed by atoms with Gasteiger partial charge in [0.15, 0.2) is 0 Å². The molecule has 0 saturated carbocycles. The maximum Gasteiger partial charge on any atom is 0.336 e. The summed E-state index contributed by atoms with van der Waals surface area (Å²) in [5.74, 6) is -0.251. The van der Waals surface area contributed by atoms with Gasteiger partial charge in [-0.2, -0.15) is 0 Å². The predicted molar refractivity (Wildman–Crippen MR) is 67.9 cm³/mol. The Morgan fingerprint density at radius 3 is 2.78 bits per heavy atom. The van der Waals surface area contributed by atoms with Gasteiger partial charge in [-0.3, -0.25) is 0 Å². The predicted octanol–water partition coefficient (Wildman–Crippen LogP) is 2.56. The summed E-state index contributed by atoms with van der Waals surface area (Å²) in [7, 11) is 1.43. The molecule has 1 saturated heterocycles. The van der Waals surface area contributed by atoms with Crippen molar-refractivity contribution in [2.24, 2.45) is 0 Å². The van der Waals surface area contributed by atoms with Crippen molar-refractivity contribution in [2.75, 3.05) is 7.11 Å². The van der Waals surface area contributed by atoms with Crippen LogP contribution in [0.5, 0.6) is 0 Å². The van der Waals surface area contributed by atoms with Crippen LogP contribution < -0.4 is 0 Å². The van der Waals surface area contributed by atoms with Crippen molar-refractivity contribution in [1.82, 2.24) is 0 Å². The van der Waals surface area contributed by atoms with Gasteiger partial charge in [0, 0.05) is 0 Å². The minimum absolute atomic E-state index is 0.0774. The van der Waals surface area contributed by atoms with Crippen molar-refractivity contribution in [3.05, 3.63) is 41.5 Å². The van der Waals surface area contributed by atoms with E-state index in [0.29, 0.717) is 0 Å². The van der Waals surface area contributed by atoms with Crippen LogP contribution in [-0.4, -0.2) is 25.3 Å². The van der Waals surface area contributed by atoms with Crippen LogP contribution in [0.15, 0.2) is 35.9 Å². The zero-order chi connectivity index (χ0) is 12.5. The van der Waals surface area contributed by atoms with E-state index in [0.717, 1.165) is 36.0 Å². The van der Waals surface area contributed by atoms with E-state index < -0.39 is 0 Å². The van der Waals surface area contributed by atoms with Gasteiger partial charge in [-0.15, -0.1) is 0 Å². The van der Waals surface area contributed by atoms with Gasteiger partial charge in [-0.1, -0.05) is 30.3 Å². The Kier molecular flexibility index (Phi) is 2.92. The van der Waals surface area contributed by atoms with E-state index in [1.807, 2.05) is 30.3 Å². The van der Waals surface area contributed by atoms with E-state index in [2.05, 4.69) is 0 Å². The highest BCUT2D eigenvalue weighted by Gasteiger charge is 2.39. The molecule has 18 heavy (non-hydrogen) atoms. The molecule has 3 rings (SSSR count). The van der Waals surface area contributed by atoms with Crippen molar-refractivity contribution >= 4 is 11.5 Å². The van der Waals surface area contributed by atoms with Crippen LogP contribution in [0.3, 0.4) is 0 Å². The molecule has 94 valence electrons. The lowest BCUT2D eigenvalue weighted by atomic mass is 9.92. The number of benzene rings is 1. The number of hydrogen-bond acceptors (Lipinski definition) is 3. The Labute approximate surface area is 106 Å². The van der Waals surface area contributed by atoms with E-state index in [-0.39, 0.29) is 18.2 Å². The molecule has 0 amide bonds. The third kappa shape index (κ3) is 1.85. The average molecular weight is 244 g/mol. The number of hydrogen-bond donors (Lipinski definition) is 0. The quantitative estimate of drug-likeness (QED) is 0.750. The van der Waals surface area contributed by atoms with Crippen LogP contribution in [0.2, 0.25) is 0 Å². The first-order valence-electron chi connectivity index (χ1n) is 6.32. The maximum atomic E-state index is 12.0. The van der Waals surface area contributed by atoms with Crippen LogP contribution in [-0.2, 0) is 14.3 Å². The Balaban J connectivity index is 2.09. The fourth-order valence-corrected chi connectivity index (χ4v) is 2.88. The van der Waals surface area contributed by atoms with Crippen LogP contribution >= 0.6 is 0 Å². The fraction of sp³-hybridized carbons (Fsp3) is 0.400. The minimum Gasteiger partial charge on any atom is -0.466 e.